The van der Waals surface area contributed by atoms with Crippen molar-refractivity contribution in [1.29, 1.82) is 0 Å². The van der Waals surface area contributed by atoms with Crippen molar-refractivity contribution in [2.75, 3.05) is 7.05 Å². The van der Waals surface area contributed by atoms with E-state index in [1.807, 2.05) is 18.2 Å². The average molecular weight is 469 g/mol. The molecule has 0 radical (unpaired) electrons. The predicted octanol–water partition coefficient (Wildman–Crippen LogP) is 4.54. The number of fused-ring (bicyclic) bond motifs is 1. The monoisotopic (exact) mass is 469 g/mol. The zero-order valence-corrected chi connectivity index (χ0v) is 18.3. The highest BCUT2D eigenvalue weighted by Gasteiger charge is 2.31. The molecule has 34 heavy (non-hydrogen) atoms. The maximum absolute atomic E-state index is 13.0. The van der Waals surface area contributed by atoms with E-state index in [0.717, 1.165) is 29.7 Å². The molecule has 1 aliphatic rings. The van der Waals surface area contributed by atoms with Crippen LogP contribution < -0.4 is 15.4 Å². The number of aryl methyl sites for hydroxylation is 1. The number of ether oxygens (including phenoxy) is 1. The molecule has 1 heterocycles. The van der Waals surface area contributed by atoms with Crippen molar-refractivity contribution in [2.45, 2.75) is 31.5 Å². The number of nitrogens with one attached hydrogen (secondary N) is 2. The van der Waals surface area contributed by atoms with E-state index in [4.69, 9.17) is 4.74 Å². The molecule has 0 saturated heterocycles. The van der Waals surface area contributed by atoms with Crippen LogP contribution in [0, 0.1) is 0 Å². The average Bonchev–Trinajstić information content (AvgIpc) is 2.83. The van der Waals surface area contributed by atoms with E-state index in [-0.39, 0.29) is 23.2 Å². The van der Waals surface area contributed by atoms with Gasteiger partial charge in [-0.25, -0.2) is 0 Å². The minimum Gasteiger partial charge on any atom is -0.457 e. The van der Waals surface area contributed by atoms with Crippen LogP contribution in [0.25, 0.3) is 0 Å². The Bertz CT molecular complexity index is 1230. The number of pyridine rings is 1. The molecule has 0 fully saturated rings. The predicted molar refractivity (Wildman–Crippen MR) is 119 cm³/mol. The molecule has 0 bridgehead atoms. The van der Waals surface area contributed by atoms with Gasteiger partial charge >= 0.3 is 6.18 Å². The molecule has 9 heteroatoms. The Morgan fingerprint density at radius 2 is 1.79 bits per heavy atom. The molecular weight excluding hydrogens is 447 g/mol. The number of benzene rings is 2. The molecule has 1 unspecified atom stereocenters. The maximum atomic E-state index is 13.0. The molecule has 1 atom stereocenters. The summed E-state index contributed by atoms with van der Waals surface area (Å²) in [5.74, 6) is 0.164. The quantitative estimate of drug-likeness (QED) is 0.575. The summed E-state index contributed by atoms with van der Waals surface area (Å²) >= 11 is 0. The Kier molecular flexibility index (Phi) is 6.54. The standard InChI is InChI=1S/C25H22F3N3O3/c1-29-24(33)22-14-21(9-10-30-22)34-20-8-6-15-5-7-19(12-17(15)13-20)31-23(32)16-3-2-4-18(11-16)25(26,27)28/h2-4,6,8-11,13-14,19H,5,7,12H2,1H3,(H,29,33)(H,31,32). The van der Waals surface area contributed by atoms with E-state index in [2.05, 4.69) is 15.6 Å². The zero-order valence-electron chi connectivity index (χ0n) is 18.3. The summed E-state index contributed by atoms with van der Waals surface area (Å²) in [4.78, 5) is 28.4. The van der Waals surface area contributed by atoms with Crippen molar-refractivity contribution >= 4 is 11.8 Å². The van der Waals surface area contributed by atoms with Crippen molar-refractivity contribution in [3.63, 3.8) is 0 Å². The Morgan fingerprint density at radius 3 is 2.56 bits per heavy atom. The molecule has 1 aromatic heterocycles. The second-order valence-corrected chi connectivity index (χ2v) is 7.98. The molecule has 176 valence electrons. The van der Waals surface area contributed by atoms with Crippen LogP contribution in [0.2, 0.25) is 0 Å². The van der Waals surface area contributed by atoms with Gasteiger partial charge in [0.15, 0.2) is 0 Å². The van der Waals surface area contributed by atoms with E-state index in [0.29, 0.717) is 24.3 Å². The second kappa shape index (κ2) is 9.54. The van der Waals surface area contributed by atoms with Crippen molar-refractivity contribution in [3.05, 3.63) is 88.7 Å². The Labute approximate surface area is 194 Å². The van der Waals surface area contributed by atoms with Crippen molar-refractivity contribution in [2.24, 2.45) is 0 Å². The molecule has 3 aromatic rings. The van der Waals surface area contributed by atoms with Gasteiger partial charge in [-0.2, -0.15) is 13.2 Å². The van der Waals surface area contributed by atoms with Gasteiger partial charge in [0.2, 0.25) is 0 Å². The lowest BCUT2D eigenvalue weighted by Gasteiger charge is -2.26. The van der Waals surface area contributed by atoms with Gasteiger partial charge in [-0.15, -0.1) is 0 Å². The first kappa shape index (κ1) is 23.3. The highest BCUT2D eigenvalue weighted by atomic mass is 19.4. The highest BCUT2D eigenvalue weighted by Crippen LogP contribution is 2.31. The number of nitrogens with zero attached hydrogens (tertiary/aromatic N) is 1. The van der Waals surface area contributed by atoms with Gasteiger partial charge in [0, 0.05) is 30.9 Å². The third-order valence-corrected chi connectivity index (χ3v) is 5.62. The summed E-state index contributed by atoms with van der Waals surface area (Å²) in [6.07, 6.45) is -1.10. The van der Waals surface area contributed by atoms with E-state index < -0.39 is 17.6 Å². The summed E-state index contributed by atoms with van der Waals surface area (Å²) in [5, 5.41) is 5.36. The molecule has 2 N–H and O–H groups in total. The van der Waals surface area contributed by atoms with Gasteiger partial charge in [0.05, 0.1) is 5.56 Å². The Morgan fingerprint density at radius 1 is 1.00 bits per heavy atom. The van der Waals surface area contributed by atoms with Crippen molar-refractivity contribution in [3.8, 4) is 11.5 Å². The molecule has 0 aliphatic heterocycles. The van der Waals surface area contributed by atoms with Crippen LogP contribution in [-0.2, 0) is 19.0 Å². The SMILES string of the molecule is CNC(=O)c1cc(Oc2ccc3c(c2)CC(NC(=O)c2cccc(C(F)(F)F)c2)CC3)ccn1. The first-order chi connectivity index (χ1) is 16.2. The first-order valence-electron chi connectivity index (χ1n) is 10.7. The smallest absolute Gasteiger partial charge is 0.416 e. The van der Waals surface area contributed by atoms with E-state index in [9.17, 15) is 22.8 Å². The number of hydrogen-bond acceptors (Lipinski definition) is 4. The van der Waals surface area contributed by atoms with Crippen LogP contribution in [0.3, 0.4) is 0 Å². The van der Waals surface area contributed by atoms with Crippen LogP contribution in [-0.4, -0.2) is 29.9 Å². The minimum atomic E-state index is -4.51. The van der Waals surface area contributed by atoms with Crippen LogP contribution in [0.4, 0.5) is 13.2 Å². The lowest BCUT2D eigenvalue weighted by atomic mass is 9.88. The van der Waals surface area contributed by atoms with Crippen molar-refractivity contribution in [1.82, 2.24) is 15.6 Å². The van der Waals surface area contributed by atoms with Gasteiger partial charge in [-0.05, 0) is 66.8 Å². The van der Waals surface area contributed by atoms with Gasteiger partial charge in [0.25, 0.3) is 11.8 Å². The lowest BCUT2D eigenvalue weighted by Crippen LogP contribution is -2.38. The number of rotatable bonds is 5. The zero-order chi connectivity index (χ0) is 24.3. The van der Waals surface area contributed by atoms with Gasteiger partial charge in [-0.3, -0.25) is 14.6 Å². The van der Waals surface area contributed by atoms with E-state index in [1.54, 1.807) is 6.07 Å². The number of amides is 2. The number of halogens is 3. The number of aromatic nitrogens is 1. The van der Waals surface area contributed by atoms with Crippen molar-refractivity contribution < 1.29 is 27.5 Å². The fraction of sp³-hybridized carbons (Fsp3) is 0.240. The summed E-state index contributed by atoms with van der Waals surface area (Å²) in [7, 11) is 1.52. The van der Waals surface area contributed by atoms with Crippen LogP contribution in [0.5, 0.6) is 11.5 Å². The van der Waals surface area contributed by atoms with Crippen LogP contribution >= 0.6 is 0 Å². The second-order valence-electron chi connectivity index (χ2n) is 7.98. The lowest BCUT2D eigenvalue weighted by molar-refractivity contribution is -0.137. The Hall–Kier alpha value is -3.88. The van der Waals surface area contributed by atoms with E-state index in [1.165, 1.54) is 31.4 Å². The number of carbonyl (C=O) groups excluding carboxylic acids is 2. The van der Waals surface area contributed by atoms with Crippen LogP contribution in [0.1, 0.15) is 44.0 Å². The number of alkyl halides is 3. The van der Waals surface area contributed by atoms with Gasteiger partial charge < -0.3 is 15.4 Å². The third kappa shape index (κ3) is 5.36. The van der Waals surface area contributed by atoms with Crippen LogP contribution in [0.15, 0.2) is 60.8 Å². The summed E-state index contributed by atoms with van der Waals surface area (Å²) in [6, 6.07) is 13.0. The molecule has 2 amide bonds. The van der Waals surface area contributed by atoms with Gasteiger partial charge in [0.1, 0.15) is 17.2 Å². The fourth-order valence-corrected chi connectivity index (χ4v) is 3.89. The normalized spacial score (nSPS) is 15.2. The molecule has 0 saturated carbocycles. The summed E-state index contributed by atoms with van der Waals surface area (Å²) < 4.78 is 44.8. The van der Waals surface area contributed by atoms with E-state index >= 15 is 0 Å². The molecule has 2 aromatic carbocycles. The van der Waals surface area contributed by atoms with Gasteiger partial charge in [-0.1, -0.05) is 12.1 Å². The first-order valence-corrected chi connectivity index (χ1v) is 10.7. The molecule has 4 rings (SSSR count). The summed E-state index contributed by atoms with van der Waals surface area (Å²) in [5.41, 5.74) is 1.46. The molecule has 0 spiro atoms. The Balaban J connectivity index is 1.45. The largest absolute Gasteiger partial charge is 0.457 e. The molecule has 6 nitrogen and oxygen atoms in total. The number of carbonyl (C=O) groups is 2. The fourth-order valence-electron chi connectivity index (χ4n) is 3.89. The topological polar surface area (TPSA) is 80.3 Å². The third-order valence-electron chi connectivity index (χ3n) is 5.62. The minimum absolute atomic E-state index is 0.0256. The molecule has 1 aliphatic carbocycles. The summed E-state index contributed by atoms with van der Waals surface area (Å²) in [6.45, 7) is 0. The number of hydrogen-bond donors (Lipinski definition) is 2. The molecular formula is C25H22F3N3O3. The highest BCUT2D eigenvalue weighted by molar-refractivity contribution is 5.94. The maximum Gasteiger partial charge on any atom is 0.416 e.